The summed E-state index contributed by atoms with van der Waals surface area (Å²) in [7, 11) is 0.313. The Balaban J connectivity index is 3.16. The number of anilines is 1. The van der Waals surface area contributed by atoms with Crippen LogP contribution in [0, 0.1) is 0 Å². The van der Waals surface area contributed by atoms with Gasteiger partial charge in [-0.1, -0.05) is 19.1 Å². The second-order valence-electron chi connectivity index (χ2n) is 5.17. The second kappa shape index (κ2) is 7.98. The highest BCUT2D eigenvalue weighted by Crippen LogP contribution is 2.21. The molecule has 0 heterocycles. The van der Waals surface area contributed by atoms with Gasteiger partial charge in [-0.25, -0.2) is 8.42 Å². The van der Waals surface area contributed by atoms with E-state index in [1.807, 2.05) is 21.0 Å². The highest BCUT2D eigenvalue weighted by atomic mass is 32.2. The molecule has 5 nitrogen and oxygen atoms in total. The van der Waals surface area contributed by atoms with Crippen molar-refractivity contribution in [1.82, 2.24) is 4.90 Å². The molecule has 0 bridgehead atoms. The predicted octanol–water partition coefficient (Wildman–Crippen LogP) is 2.51. The summed E-state index contributed by atoms with van der Waals surface area (Å²) < 4.78 is 25.8. The lowest BCUT2D eigenvalue weighted by atomic mass is 10.1. The lowest BCUT2D eigenvalue weighted by molar-refractivity contribution is 0.104. The number of hydrogen-bond donors (Lipinski definition) is 0. The van der Waals surface area contributed by atoms with Crippen molar-refractivity contribution in [3.05, 3.63) is 42.1 Å². The molecule has 0 aromatic heterocycles. The molecule has 0 aliphatic carbocycles. The van der Waals surface area contributed by atoms with E-state index in [0.717, 1.165) is 0 Å². The highest BCUT2D eigenvalue weighted by Gasteiger charge is 2.20. The number of sulfonamides is 1. The van der Waals surface area contributed by atoms with Crippen molar-refractivity contribution < 1.29 is 13.2 Å². The van der Waals surface area contributed by atoms with Crippen molar-refractivity contribution in [2.45, 2.75) is 20.3 Å². The van der Waals surface area contributed by atoms with Gasteiger partial charge < -0.3 is 4.90 Å². The quantitative estimate of drug-likeness (QED) is 0.544. The van der Waals surface area contributed by atoms with Crippen molar-refractivity contribution in [3.63, 3.8) is 0 Å². The molecule has 1 rings (SSSR count). The van der Waals surface area contributed by atoms with Crippen LogP contribution in [0.4, 0.5) is 5.69 Å². The summed E-state index contributed by atoms with van der Waals surface area (Å²) in [6.45, 7) is 3.95. The molecule has 22 heavy (non-hydrogen) atoms. The minimum absolute atomic E-state index is 0.0334. The summed E-state index contributed by atoms with van der Waals surface area (Å²) in [5.41, 5.74) is 1.01. The zero-order chi connectivity index (χ0) is 16.8. The highest BCUT2D eigenvalue weighted by molar-refractivity contribution is 7.92. The lowest BCUT2D eigenvalue weighted by Crippen LogP contribution is -2.33. The molecule has 1 aromatic carbocycles. The number of allylic oxidation sites excluding steroid dienone is 1. The largest absolute Gasteiger partial charge is 0.383 e. The molecule has 0 saturated heterocycles. The molecule has 0 N–H and O–H groups in total. The van der Waals surface area contributed by atoms with E-state index in [9.17, 15) is 13.2 Å². The third-order valence-electron chi connectivity index (χ3n) is 3.07. The van der Waals surface area contributed by atoms with Crippen LogP contribution in [0.15, 0.2) is 36.5 Å². The first-order valence-electron chi connectivity index (χ1n) is 7.31. The molecule has 6 heteroatoms. The molecule has 122 valence electrons. The number of hydrogen-bond acceptors (Lipinski definition) is 4. The molecule has 1 aromatic rings. The van der Waals surface area contributed by atoms with E-state index in [4.69, 9.17) is 0 Å². The van der Waals surface area contributed by atoms with Crippen molar-refractivity contribution in [3.8, 4) is 0 Å². The number of rotatable bonds is 8. The molecule has 0 aliphatic heterocycles. The first-order valence-corrected chi connectivity index (χ1v) is 8.92. The Morgan fingerprint density at radius 2 is 1.91 bits per heavy atom. The summed E-state index contributed by atoms with van der Waals surface area (Å²) in [4.78, 5) is 13.9. The van der Waals surface area contributed by atoms with Crippen LogP contribution in [0.5, 0.6) is 0 Å². The van der Waals surface area contributed by atoms with Gasteiger partial charge in [0.15, 0.2) is 5.78 Å². The summed E-state index contributed by atoms with van der Waals surface area (Å²) >= 11 is 0. The van der Waals surface area contributed by atoms with Crippen LogP contribution in [0.2, 0.25) is 0 Å². The Morgan fingerprint density at radius 3 is 2.45 bits per heavy atom. The van der Waals surface area contributed by atoms with Gasteiger partial charge >= 0.3 is 0 Å². The third-order valence-corrected chi connectivity index (χ3v) is 4.86. The van der Waals surface area contributed by atoms with Gasteiger partial charge in [-0.15, -0.1) is 0 Å². The van der Waals surface area contributed by atoms with E-state index in [1.165, 1.54) is 10.4 Å². The average molecular weight is 324 g/mol. The van der Waals surface area contributed by atoms with Crippen LogP contribution < -0.4 is 4.31 Å². The SMILES string of the molecule is CCCN(c1cccc(C(=O)/C=C/N(C)C)c1)S(=O)(=O)CC. The number of ketones is 1. The van der Waals surface area contributed by atoms with E-state index in [2.05, 4.69) is 0 Å². The van der Waals surface area contributed by atoms with E-state index in [-0.39, 0.29) is 11.5 Å². The molecule has 0 spiro atoms. The van der Waals surface area contributed by atoms with Crippen LogP contribution in [0.25, 0.3) is 0 Å². The van der Waals surface area contributed by atoms with Gasteiger partial charge in [0, 0.05) is 38.5 Å². The van der Waals surface area contributed by atoms with Crippen molar-refractivity contribution >= 4 is 21.5 Å². The molecular weight excluding hydrogens is 300 g/mol. The topological polar surface area (TPSA) is 57.7 Å². The fourth-order valence-electron chi connectivity index (χ4n) is 1.92. The Labute approximate surface area is 133 Å². The van der Waals surface area contributed by atoms with E-state index < -0.39 is 10.0 Å². The van der Waals surface area contributed by atoms with Gasteiger partial charge in [-0.2, -0.15) is 0 Å². The molecule has 0 atom stereocenters. The standard InChI is InChI=1S/C16H24N2O3S/c1-5-11-18(22(20,21)6-2)15-9-7-8-14(13-15)16(19)10-12-17(3)4/h7-10,12-13H,5-6,11H2,1-4H3/b12-10+. The summed E-state index contributed by atoms with van der Waals surface area (Å²) in [5.74, 6) is -0.119. The Morgan fingerprint density at radius 1 is 1.23 bits per heavy atom. The summed E-state index contributed by atoms with van der Waals surface area (Å²) in [6.07, 6.45) is 3.84. The number of carbonyl (C=O) groups excluding carboxylic acids is 1. The predicted molar refractivity (Wildman–Crippen MR) is 90.7 cm³/mol. The van der Waals surface area contributed by atoms with Crippen molar-refractivity contribution in [2.75, 3.05) is 30.7 Å². The molecule has 0 radical (unpaired) electrons. The van der Waals surface area contributed by atoms with E-state index in [1.54, 1.807) is 42.3 Å². The Bertz CT molecular complexity index is 637. The van der Waals surface area contributed by atoms with Gasteiger partial charge in [-0.05, 0) is 25.5 Å². The van der Waals surface area contributed by atoms with Crippen LogP contribution >= 0.6 is 0 Å². The van der Waals surface area contributed by atoms with E-state index in [0.29, 0.717) is 24.2 Å². The van der Waals surface area contributed by atoms with Gasteiger partial charge in [-0.3, -0.25) is 9.10 Å². The lowest BCUT2D eigenvalue weighted by Gasteiger charge is -2.23. The zero-order valence-corrected chi connectivity index (χ0v) is 14.4. The number of carbonyl (C=O) groups is 1. The fourth-order valence-corrected chi connectivity index (χ4v) is 3.12. The first-order chi connectivity index (χ1) is 10.3. The average Bonchev–Trinajstić information content (AvgIpc) is 2.50. The summed E-state index contributed by atoms with van der Waals surface area (Å²) in [6, 6.07) is 6.74. The molecule has 0 aliphatic rings. The maximum Gasteiger partial charge on any atom is 0.234 e. The van der Waals surface area contributed by atoms with E-state index >= 15 is 0 Å². The zero-order valence-electron chi connectivity index (χ0n) is 13.6. The molecule has 0 saturated carbocycles. The van der Waals surface area contributed by atoms with Crippen LogP contribution in [-0.2, 0) is 10.0 Å². The van der Waals surface area contributed by atoms with Gasteiger partial charge in [0.1, 0.15) is 0 Å². The monoisotopic (exact) mass is 324 g/mol. The van der Waals surface area contributed by atoms with Gasteiger partial charge in [0.05, 0.1) is 11.4 Å². The summed E-state index contributed by atoms with van der Waals surface area (Å²) in [5, 5.41) is 0. The molecule has 0 amide bonds. The Hall–Kier alpha value is -1.82. The second-order valence-corrected chi connectivity index (χ2v) is 7.35. The third kappa shape index (κ3) is 4.87. The van der Waals surface area contributed by atoms with Crippen LogP contribution in [0.3, 0.4) is 0 Å². The van der Waals surface area contributed by atoms with Gasteiger partial charge in [0.25, 0.3) is 0 Å². The maximum atomic E-state index is 12.2. The number of nitrogens with zero attached hydrogens (tertiary/aromatic N) is 2. The minimum atomic E-state index is -3.35. The molecule has 0 unspecified atom stereocenters. The Kier molecular flexibility index (Phi) is 6.61. The first kappa shape index (κ1) is 18.2. The molecular formula is C16H24N2O3S. The normalized spacial score (nSPS) is 11.6. The fraction of sp³-hybridized carbons (Fsp3) is 0.438. The van der Waals surface area contributed by atoms with Crippen LogP contribution in [-0.4, -0.2) is 45.5 Å². The van der Waals surface area contributed by atoms with Gasteiger partial charge in [0.2, 0.25) is 10.0 Å². The number of benzene rings is 1. The van der Waals surface area contributed by atoms with Crippen LogP contribution in [0.1, 0.15) is 30.6 Å². The van der Waals surface area contributed by atoms with Crippen molar-refractivity contribution in [1.29, 1.82) is 0 Å². The van der Waals surface area contributed by atoms with Crippen molar-refractivity contribution in [2.24, 2.45) is 0 Å². The molecule has 0 fully saturated rings. The minimum Gasteiger partial charge on any atom is -0.383 e. The smallest absolute Gasteiger partial charge is 0.234 e. The maximum absolute atomic E-state index is 12.2.